The van der Waals surface area contributed by atoms with E-state index in [4.69, 9.17) is 4.42 Å². The Balaban J connectivity index is 0.946. The molecule has 1 aromatic heterocycles. The third kappa shape index (κ3) is 7.27. The summed E-state index contributed by atoms with van der Waals surface area (Å²) in [6, 6.07) is 112. The molecule has 3 aliphatic carbocycles. The van der Waals surface area contributed by atoms with Crippen molar-refractivity contribution in [3.05, 3.63) is 337 Å². The minimum absolute atomic E-state index is 0.201. The second-order valence-electron chi connectivity index (χ2n) is 23.5. The van der Waals surface area contributed by atoms with Crippen molar-refractivity contribution in [2.75, 3.05) is 9.80 Å². The van der Waals surface area contributed by atoms with E-state index in [9.17, 15) is 0 Å². The Hall–Kier alpha value is -10.7. The number of hydrogen-bond acceptors (Lipinski definition) is 3. The van der Waals surface area contributed by atoms with Crippen LogP contribution >= 0.6 is 0 Å². The fraction of sp³-hybridized carbons (Fsp3) is 0.0488. The van der Waals surface area contributed by atoms with Gasteiger partial charge in [0.05, 0.1) is 16.8 Å². The van der Waals surface area contributed by atoms with Crippen LogP contribution in [0.1, 0.15) is 47.2 Å². The number of hydrogen-bond donors (Lipinski definition) is 0. The Morgan fingerprint density at radius 2 is 0.694 bits per heavy atom. The lowest BCUT2D eigenvalue weighted by Crippen LogP contribution is -2.26. The van der Waals surface area contributed by atoms with Gasteiger partial charge in [-0.15, -0.1) is 0 Å². The molecular formula is C82H56N2O. The highest BCUT2D eigenvalue weighted by atomic mass is 16.3. The maximum Gasteiger partial charge on any atom is 0.136 e. The lowest BCUT2D eigenvalue weighted by molar-refractivity contribution is 0.660. The van der Waals surface area contributed by atoms with E-state index in [1.54, 1.807) is 0 Å². The van der Waals surface area contributed by atoms with Crippen LogP contribution in [0.5, 0.6) is 0 Å². The van der Waals surface area contributed by atoms with E-state index in [0.29, 0.717) is 0 Å². The summed E-state index contributed by atoms with van der Waals surface area (Å²) in [5.74, 6) is 0. The molecule has 85 heavy (non-hydrogen) atoms. The molecule has 400 valence electrons. The first-order chi connectivity index (χ1) is 41.9. The van der Waals surface area contributed by atoms with E-state index in [-0.39, 0.29) is 5.41 Å². The van der Waals surface area contributed by atoms with Crippen molar-refractivity contribution in [1.29, 1.82) is 0 Å². The van der Waals surface area contributed by atoms with Crippen molar-refractivity contribution in [2.45, 2.75) is 24.7 Å². The van der Waals surface area contributed by atoms with Crippen LogP contribution in [-0.2, 0) is 10.8 Å². The fourth-order valence-corrected chi connectivity index (χ4v) is 14.9. The van der Waals surface area contributed by atoms with Crippen molar-refractivity contribution in [2.24, 2.45) is 0 Å². The van der Waals surface area contributed by atoms with Crippen molar-refractivity contribution in [1.82, 2.24) is 0 Å². The SMILES string of the molecule is CC1(C)c2ccccc2-c2ccc(N(c3ccc4c(c3)C3(c5ccccc5-4)c4cc(N(c5ccc(-c6ccccc6)cc5)c5ccccc5-c5ccccc5)ccc4-c4c3ccc3oc5ccccc5c43)c3ccccc3-c3ccccc3)cc21. The topological polar surface area (TPSA) is 19.6 Å². The van der Waals surface area contributed by atoms with Gasteiger partial charge in [-0.25, -0.2) is 0 Å². The standard InChI is InChI=1S/C82H56N2O/c1-81(2)69-33-17-12-30-63(69)65-45-42-58(50-72(65)81)84(76-36-20-15-29-62(76)56-26-10-5-11-27-56)60-43-46-66-64-31-13-18-34-70(64)82(73(66)51-60)71-48-49-78-80(68-32-16-21-37-77(68)85-78)79(71)67-47-44-59(52-74(67)82)83(57-40-38-54(39-41-57)53-22-6-3-7-23-53)75-35-19-14-28-61(75)55-24-8-4-9-25-55/h3-52H,1-2H3. The molecule has 0 saturated heterocycles. The minimum Gasteiger partial charge on any atom is -0.456 e. The molecule has 0 N–H and O–H groups in total. The fourth-order valence-electron chi connectivity index (χ4n) is 14.9. The van der Waals surface area contributed by atoms with Crippen molar-refractivity contribution < 1.29 is 4.42 Å². The predicted molar refractivity (Wildman–Crippen MR) is 353 cm³/mol. The van der Waals surface area contributed by atoms with Gasteiger partial charge in [0.1, 0.15) is 11.2 Å². The van der Waals surface area contributed by atoms with Gasteiger partial charge in [-0.3, -0.25) is 0 Å². The molecule has 3 nitrogen and oxygen atoms in total. The smallest absolute Gasteiger partial charge is 0.136 e. The van der Waals surface area contributed by atoms with E-state index in [1.807, 2.05) is 0 Å². The minimum atomic E-state index is -0.761. The second kappa shape index (κ2) is 18.9. The highest BCUT2D eigenvalue weighted by Gasteiger charge is 2.53. The summed E-state index contributed by atoms with van der Waals surface area (Å²) in [5.41, 5.74) is 29.5. The van der Waals surface area contributed by atoms with Gasteiger partial charge in [-0.05, 0) is 162 Å². The van der Waals surface area contributed by atoms with Crippen LogP contribution in [0.3, 0.4) is 0 Å². The summed E-state index contributed by atoms with van der Waals surface area (Å²) >= 11 is 0. The van der Waals surface area contributed by atoms with Gasteiger partial charge in [0, 0.05) is 50.1 Å². The maximum atomic E-state index is 6.81. The van der Waals surface area contributed by atoms with Crippen LogP contribution in [0.4, 0.5) is 34.1 Å². The third-order valence-electron chi connectivity index (χ3n) is 18.7. The van der Waals surface area contributed by atoms with Gasteiger partial charge in [-0.1, -0.05) is 244 Å². The van der Waals surface area contributed by atoms with Crippen molar-refractivity contribution in [3.63, 3.8) is 0 Å². The van der Waals surface area contributed by atoms with Gasteiger partial charge >= 0.3 is 0 Å². The molecule has 1 atom stereocenters. The molecule has 0 radical (unpaired) electrons. The van der Waals surface area contributed by atoms with Crippen molar-refractivity contribution >= 4 is 56.1 Å². The average Bonchev–Trinajstić information content (AvgIpc) is 1.52. The molecule has 1 spiro atoms. The summed E-state index contributed by atoms with van der Waals surface area (Å²) < 4.78 is 6.81. The van der Waals surface area contributed by atoms with Crippen LogP contribution in [0.2, 0.25) is 0 Å². The molecule has 17 rings (SSSR count). The Morgan fingerprint density at radius 1 is 0.271 bits per heavy atom. The van der Waals surface area contributed by atoms with Crippen LogP contribution in [-0.4, -0.2) is 0 Å². The predicted octanol–water partition coefficient (Wildman–Crippen LogP) is 22.2. The van der Waals surface area contributed by atoms with Gasteiger partial charge < -0.3 is 14.2 Å². The zero-order valence-electron chi connectivity index (χ0n) is 47.2. The Labute approximate surface area is 495 Å². The highest BCUT2D eigenvalue weighted by molar-refractivity contribution is 6.16. The summed E-state index contributed by atoms with van der Waals surface area (Å²) in [7, 11) is 0. The zero-order chi connectivity index (χ0) is 56.4. The second-order valence-corrected chi connectivity index (χ2v) is 23.5. The highest BCUT2D eigenvalue weighted by Crippen LogP contribution is 2.66. The number of anilines is 6. The molecule has 1 heterocycles. The third-order valence-corrected chi connectivity index (χ3v) is 18.7. The van der Waals surface area contributed by atoms with Gasteiger partial charge in [0.2, 0.25) is 0 Å². The van der Waals surface area contributed by atoms with E-state index < -0.39 is 5.41 Å². The summed E-state index contributed by atoms with van der Waals surface area (Å²) in [5, 5.41) is 2.26. The first kappa shape index (κ1) is 48.9. The lowest BCUT2D eigenvalue weighted by Gasteiger charge is -2.34. The van der Waals surface area contributed by atoms with Crippen LogP contribution in [0.25, 0.3) is 88.7 Å². The number of para-hydroxylation sites is 3. The number of benzene rings is 13. The Kier molecular flexibility index (Phi) is 10.9. The molecule has 3 aliphatic rings. The molecule has 13 aromatic carbocycles. The normalized spacial score (nSPS) is 14.6. The molecule has 0 saturated carbocycles. The van der Waals surface area contributed by atoms with Crippen molar-refractivity contribution in [3.8, 4) is 66.8 Å². The zero-order valence-corrected chi connectivity index (χ0v) is 47.2. The van der Waals surface area contributed by atoms with Crippen LogP contribution < -0.4 is 9.80 Å². The molecule has 3 heteroatoms. The first-order valence-electron chi connectivity index (χ1n) is 29.6. The summed E-state index contributed by atoms with van der Waals surface area (Å²) in [6.07, 6.45) is 0. The number of rotatable bonds is 9. The lowest BCUT2D eigenvalue weighted by atomic mass is 9.70. The van der Waals surface area contributed by atoms with Gasteiger partial charge in [0.25, 0.3) is 0 Å². The largest absolute Gasteiger partial charge is 0.456 e. The number of fused-ring (bicyclic) bond motifs is 17. The molecule has 0 fully saturated rings. The molecule has 14 aromatic rings. The summed E-state index contributed by atoms with van der Waals surface area (Å²) in [6.45, 7) is 4.76. The number of furan rings is 1. The molecule has 0 aliphatic heterocycles. The van der Waals surface area contributed by atoms with E-state index in [2.05, 4.69) is 327 Å². The van der Waals surface area contributed by atoms with Crippen LogP contribution in [0, 0.1) is 0 Å². The van der Waals surface area contributed by atoms with E-state index >= 15 is 0 Å². The first-order valence-corrected chi connectivity index (χ1v) is 29.6. The quantitative estimate of drug-likeness (QED) is 0.144. The molecular weight excluding hydrogens is 1030 g/mol. The molecule has 0 bridgehead atoms. The molecule has 0 amide bonds. The molecule has 1 unspecified atom stereocenters. The Morgan fingerprint density at radius 3 is 1.32 bits per heavy atom. The van der Waals surface area contributed by atoms with Gasteiger partial charge in [0.15, 0.2) is 0 Å². The average molecular weight is 1090 g/mol. The maximum absolute atomic E-state index is 6.81. The van der Waals surface area contributed by atoms with Crippen LogP contribution in [0.15, 0.2) is 308 Å². The Bertz CT molecular complexity index is 4980. The van der Waals surface area contributed by atoms with Gasteiger partial charge in [-0.2, -0.15) is 0 Å². The van der Waals surface area contributed by atoms with E-state index in [0.717, 1.165) is 78.3 Å². The number of nitrogens with zero attached hydrogens (tertiary/aromatic N) is 2. The van der Waals surface area contributed by atoms with E-state index in [1.165, 1.54) is 77.9 Å². The monoisotopic (exact) mass is 1080 g/mol. The summed E-state index contributed by atoms with van der Waals surface area (Å²) in [4.78, 5) is 5.00.